The maximum Gasteiger partial charge on any atom is 0.335 e. The summed E-state index contributed by atoms with van der Waals surface area (Å²) in [6.45, 7) is 6.21. The Bertz CT molecular complexity index is 774. The highest BCUT2D eigenvalue weighted by molar-refractivity contribution is 5.91. The molecule has 23 heavy (non-hydrogen) atoms. The number of hydrogen-bond acceptors (Lipinski definition) is 4. The van der Waals surface area contributed by atoms with Crippen LogP contribution in [0.5, 0.6) is 0 Å². The van der Waals surface area contributed by atoms with Gasteiger partial charge in [0.25, 0.3) is 0 Å². The van der Waals surface area contributed by atoms with Crippen LogP contribution >= 0.6 is 0 Å². The fourth-order valence-corrected chi connectivity index (χ4v) is 2.82. The molecule has 0 atom stereocenters. The van der Waals surface area contributed by atoms with Gasteiger partial charge in [-0.25, -0.2) is 4.79 Å². The van der Waals surface area contributed by atoms with Crippen LogP contribution in [0.2, 0.25) is 0 Å². The van der Waals surface area contributed by atoms with Crippen LogP contribution in [0.4, 0.5) is 5.69 Å². The van der Waals surface area contributed by atoms with Gasteiger partial charge in [-0.05, 0) is 55.7 Å². The maximum absolute atomic E-state index is 11.8. The van der Waals surface area contributed by atoms with Crippen LogP contribution in [-0.2, 0) is 16.0 Å². The van der Waals surface area contributed by atoms with Crippen molar-refractivity contribution in [3.05, 3.63) is 59.1 Å². The number of fused-ring (bicyclic) bond motifs is 1. The summed E-state index contributed by atoms with van der Waals surface area (Å²) in [6, 6.07) is 10.4. The second-order valence-corrected chi connectivity index (χ2v) is 5.72. The van der Waals surface area contributed by atoms with Crippen LogP contribution in [0.3, 0.4) is 0 Å². The zero-order valence-electron chi connectivity index (χ0n) is 13.6. The molecule has 0 aliphatic carbocycles. The number of esters is 1. The van der Waals surface area contributed by atoms with Gasteiger partial charge in [-0.2, -0.15) is 0 Å². The zero-order valence-corrected chi connectivity index (χ0v) is 13.6. The molecular weight excluding hydrogens is 288 g/mol. The van der Waals surface area contributed by atoms with Gasteiger partial charge in [0.2, 0.25) is 0 Å². The van der Waals surface area contributed by atoms with E-state index in [0.29, 0.717) is 18.6 Å². The van der Waals surface area contributed by atoms with E-state index in [4.69, 9.17) is 4.74 Å². The predicted molar refractivity (Wildman–Crippen MR) is 91.2 cm³/mol. The molecule has 3 rings (SSSR count). The fourth-order valence-electron chi connectivity index (χ4n) is 2.82. The summed E-state index contributed by atoms with van der Waals surface area (Å²) < 4.78 is 5.06. The van der Waals surface area contributed by atoms with Gasteiger partial charge in [-0.1, -0.05) is 12.1 Å². The molecular formula is C19H20N2O2. The molecule has 4 heteroatoms. The third-order valence-electron chi connectivity index (χ3n) is 3.85. The minimum absolute atomic E-state index is 0.255. The lowest BCUT2D eigenvalue weighted by Crippen LogP contribution is -2.15. The summed E-state index contributed by atoms with van der Waals surface area (Å²) >= 11 is 0. The minimum Gasteiger partial charge on any atom is -0.463 e. The van der Waals surface area contributed by atoms with Crippen molar-refractivity contribution in [1.82, 2.24) is 4.98 Å². The van der Waals surface area contributed by atoms with Crippen molar-refractivity contribution in [2.45, 2.75) is 27.2 Å². The number of anilines is 1. The lowest BCUT2D eigenvalue weighted by molar-refractivity contribution is -0.138. The molecule has 1 aromatic carbocycles. The van der Waals surface area contributed by atoms with Gasteiger partial charge in [-0.3, -0.25) is 4.98 Å². The van der Waals surface area contributed by atoms with Crippen molar-refractivity contribution in [2.24, 2.45) is 0 Å². The summed E-state index contributed by atoms with van der Waals surface area (Å²) in [4.78, 5) is 16.3. The summed E-state index contributed by atoms with van der Waals surface area (Å²) in [5.74, 6) is -0.255. The number of carbonyl (C=O) groups is 1. The van der Waals surface area contributed by atoms with E-state index in [1.807, 2.05) is 20.8 Å². The highest BCUT2D eigenvalue weighted by Gasteiger charge is 2.18. The van der Waals surface area contributed by atoms with Crippen molar-refractivity contribution >= 4 is 11.7 Å². The summed E-state index contributed by atoms with van der Waals surface area (Å²) in [5.41, 5.74) is 7.09. The van der Waals surface area contributed by atoms with E-state index in [2.05, 4.69) is 40.6 Å². The Morgan fingerprint density at radius 2 is 1.91 bits per heavy atom. The Balaban J connectivity index is 1.89. The maximum atomic E-state index is 11.8. The zero-order chi connectivity index (χ0) is 16.4. The number of hydrogen-bond donors (Lipinski definition) is 1. The predicted octanol–water partition coefficient (Wildman–Crippen LogP) is 3.78. The van der Waals surface area contributed by atoms with Crippen molar-refractivity contribution in [2.75, 3.05) is 11.9 Å². The van der Waals surface area contributed by atoms with E-state index in [0.717, 1.165) is 33.8 Å². The Kier molecular flexibility index (Phi) is 4.15. The lowest BCUT2D eigenvalue weighted by Gasteiger charge is -2.18. The fraction of sp³-hybridized carbons (Fsp3) is 0.263. The summed E-state index contributed by atoms with van der Waals surface area (Å²) in [7, 11) is 0. The third-order valence-corrected chi connectivity index (χ3v) is 3.85. The summed E-state index contributed by atoms with van der Waals surface area (Å²) in [5, 5.41) is 3.21. The largest absolute Gasteiger partial charge is 0.463 e. The molecule has 1 aromatic heterocycles. The first-order chi connectivity index (χ1) is 11.1. The van der Waals surface area contributed by atoms with Gasteiger partial charge >= 0.3 is 5.97 Å². The average Bonchev–Trinajstić information content (AvgIpc) is 2.53. The Morgan fingerprint density at radius 3 is 2.61 bits per heavy atom. The Labute approximate surface area is 136 Å². The van der Waals surface area contributed by atoms with Crippen molar-refractivity contribution in [3.63, 3.8) is 0 Å². The molecule has 1 aliphatic heterocycles. The number of nitrogens with one attached hydrogen (secondary N) is 1. The van der Waals surface area contributed by atoms with Gasteiger partial charge in [0.1, 0.15) is 0 Å². The van der Waals surface area contributed by atoms with Crippen molar-refractivity contribution in [1.29, 1.82) is 0 Å². The quantitative estimate of drug-likeness (QED) is 0.877. The second-order valence-electron chi connectivity index (χ2n) is 5.72. The molecule has 1 aliphatic rings. The van der Waals surface area contributed by atoms with E-state index in [9.17, 15) is 4.79 Å². The van der Waals surface area contributed by atoms with E-state index in [1.54, 1.807) is 6.20 Å². The topological polar surface area (TPSA) is 51.2 Å². The molecule has 118 valence electrons. The standard InChI is InChI=1S/C19H20N2O2/c1-4-23-19(22)17-9-15-6-5-14(10-18(15)20-11-17)16-7-12(2)21-13(3)8-16/h5-8,10-11,20H,4,9H2,1-3H3. The van der Waals surface area contributed by atoms with Gasteiger partial charge < -0.3 is 10.1 Å². The summed E-state index contributed by atoms with van der Waals surface area (Å²) in [6.07, 6.45) is 2.34. The molecule has 0 bridgehead atoms. The lowest BCUT2D eigenvalue weighted by atomic mass is 9.96. The van der Waals surface area contributed by atoms with Gasteiger partial charge in [0.05, 0.1) is 12.2 Å². The monoisotopic (exact) mass is 308 g/mol. The van der Waals surface area contributed by atoms with Crippen LogP contribution in [0.15, 0.2) is 42.1 Å². The Hall–Kier alpha value is -2.62. The van der Waals surface area contributed by atoms with Crippen LogP contribution in [0.1, 0.15) is 23.9 Å². The number of ether oxygens (including phenoxy) is 1. The number of benzene rings is 1. The number of nitrogens with zero attached hydrogens (tertiary/aromatic N) is 1. The first-order valence-corrected chi connectivity index (χ1v) is 7.78. The molecule has 0 fully saturated rings. The normalized spacial score (nSPS) is 12.9. The van der Waals surface area contributed by atoms with E-state index < -0.39 is 0 Å². The van der Waals surface area contributed by atoms with Gasteiger partial charge in [-0.15, -0.1) is 0 Å². The first kappa shape index (κ1) is 15.3. The SMILES string of the molecule is CCOC(=O)C1=CNc2cc(-c3cc(C)nc(C)c3)ccc2C1. The third kappa shape index (κ3) is 3.26. The number of aryl methyl sites for hydroxylation is 2. The molecule has 2 heterocycles. The molecule has 0 saturated carbocycles. The van der Waals surface area contributed by atoms with E-state index in [-0.39, 0.29) is 5.97 Å². The molecule has 0 spiro atoms. The molecule has 0 amide bonds. The van der Waals surface area contributed by atoms with Crippen LogP contribution < -0.4 is 5.32 Å². The van der Waals surface area contributed by atoms with E-state index >= 15 is 0 Å². The molecule has 0 saturated heterocycles. The smallest absolute Gasteiger partial charge is 0.335 e. The molecule has 1 N–H and O–H groups in total. The second kappa shape index (κ2) is 6.24. The van der Waals surface area contributed by atoms with Crippen LogP contribution in [0, 0.1) is 13.8 Å². The number of aromatic nitrogens is 1. The number of carbonyl (C=O) groups excluding carboxylic acids is 1. The number of rotatable bonds is 3. The molecule has 4 nitrogen and oxygen atoms in total. The molecule has 2 aromatic rings. The number of pyridine rings is 1. The van der Waals surface area contributed by atoms with Crippen molar-refractivity contribution in [3.8, 4) is 11.1 Å². The highest BCUT2D eigenvalue weighted by Crippen LogP contribution is 2.30. The van der Waals surface area contributed by atoms with E-state index in [1.165, 1.54) is 0 Å². The first-order valence-electron chi connectivity index (χ1n) is 7.78. The van der Waals surface area contributed by atoms with Gasteiger partial charge in [0.15, 0.2) is 0 Å². The molecule has 0 unspecified atom stereocenters. The highest BCUT2D eigenvalue weighted by atomic mass is 16.5. The Morgan fingerprint density at radius 1 is 1.17 bits per heavy atom. The minimum atomic E-state index is -0.255. The average molecular weight is 308 g/mol. The van der Waals surface area contributed by atoms with Crippen LogP contribution in [0.25, 0.3) is 11.1 Å². The van der Waals surface area contributed by atoms with Crippen LogP contribution in [-0.4, -0.2) is 17.6 Å². The van der Waals surface area contributed by atoms with Crippen molar-refractivity contribution < 1.29 is 9.53 Å². The molecule has 0 radical (unpaired) electrons. The van der Waals surface area contributed by atoms with Gasteiger partial charge in [0, 0.05) is 29.7 Å².